The van der Waals surface area contributed by atoms with Gasteiger partial charge in [0.05, 0.1) is 16.8 Å². The number of nitrogens with one attached hydrogen (secondary N) is 1. The molecular formula is C22H19ClN6S2. The molecule has 1 aliphatic rings. The van der Waals surface area contributed by atoms with Gasteiger partial charge in [-0.15, -0.1) is 11.3 Å². The maximum absolute atomic E-state index is 9.92. The van der Waals surface area contributed by atoms with E-state index in [1.807, 2.05) is 29.6 Å². The van der Waals surface area contributed by atoms with Crippen LogP contribution in [0.25, 0.3) is 10.6 Å². The number of aromatic nitrogens is 2. The van der Waals surface area contributed by atoms with E-state index in [2.05, 4.69) is 22.4 Å². The van der Waals surface area contributed by atoms with Crippen molar-refractivity contribution in [1.29, 1.82) is 10.5 Å². The lowest BCUT2D eigenvalue weighted by molar-refractivity contribution is 0.458. The van der Waals surface area contributed by atoms with Crippen LogP contribution in [-0.2, 0) is 5.75 Å². The largest absolute Gasteiger partial charge is 0.383 e. The topological polar surface area (TPSA) is 111 Å². The number of hydrogen-bond acceptors (Lipinski definition) is 8. The summed E-state index contributed by atoms with van der Waals surface area (Å²) in [6.07, 6.45) is 1.74. The standard InChI is InChI=1S/C22H19ClN6S2/c23-15-3-1-14(2-4-15)21-28-16(11-30-21)12-31-22-18(10-25)19(13-5-7-27-8-6-13)17(9-24)20(26)29-22/h1-4,11,13,27H,5-8,12H2,(H2,26,29). The second kappa shape index (κ2) is 9.67. The van der Waals surface area contributed by atoms with Gasteiger partial charge in [-0.05, 0) is 49.5 Å². The van der Waals surface area contributed by atoms with Gasteiger partial charge in [-0.3, -0.25) is 0 Å². The minimum atomic E-state index is 0.131. The van der Waals surface area contributed by atoms with Gasteiger partial charge in [-0.1, -0.05) is 35.5 Å². The van der Waals surface area contributed by atoms with Crippen LogP contribution < -0.4 is 11.1 Å². The minimum absolute atomic E-state index is 0.131. The van der Waals surface area contributed by atoms with Gasteiger partial charge in [0.25, 0.3) is 0 Å². The van der Waals surface area contributed by atoms with E-state index >= 15 is 0 Å². The number of benzene rings is 1. The van der Waals surface area contributed by atoms with Crippen LogP contribution in [0.1, 0.15) is 41.1 Å². The summed E-state index contributed by atoms with van der Waals surface area (Å²) in [7, 11) is 0. The van der Waals surface area contributed by atoms with E-state index in [-0.39, 0.29) is 11.7 Å². The van der Waals surface area contributed by atoms with Crippen molar-refractivity contribution in [2.75, 3.05) is 18.8 Å². The first kappa shape index (κ1) is 21.6. The lowest BCUT2D eigenvalue weighted by atomic mass is 9.85. The molecular weight excluding hydrogens is 448 g/mol. The number of hydrogen-bond donors (Lipinski definition) is 2. The first-order valence-corrected chi connectivity index (χ1v) is 12.0. The molecule has 6 nitrogen and oxygen atoms in total. The molecule has 0 spiro atoms. The van der Waals surface area contributed by atoms with Crippen molar-refractivity contribution in [1.82, 2.24) is 15.3 Å². The maximum atomic E-state index is 9.92. The van der Waals surface area contributed by atoms with Gasteiger partial charge in [-0.2, -0.15) is 10.5 Å². The summed E-state index contributed by atoms with van der Waals surface area (Å²) in [6, 6.07) is 12.0. The van der Waals surface area contributed by atoms with Crippen LogP contribution in [0.5, 0.6) is 0 Å². The molecule has 0 aliphatic carbocycles. The molecule has 0 amide bonds. The molecule has 0 bridgehead atoms. The van der Waals surface area contributed by atoms with Crippen molar-refractivity contribution in [2.45, 2.75) is 29.5 Å². The van der Waals surface area contributed by atoms with Gasteiger partial charge in [0, 0.05) is 21.7 Å². The predicted octanol–water partition coefficient (Wildman–Crippen LogP) is 4.94. The van der Waals surface area contributed by atoms with Crippen molar-refractivity contribution >= 4 is 40.5 Å². The fraction of sp³-hybridized carbons (Fsp3) is 0.273. The van der Waals surface area contributed by atoms with E-state index in [9.17, 15) is 10.5 Å². The monoisotopic (exact) mass is 466 g/mol. The number of nitrogens with two attached hydrogens (primary N) is 1. The number of nitrogens with zero attached hydrogens (tertiary/aromatic N) is 4. The van der Waals surface area contributed by atoms with Gasteiger partial charge >= 0.3 is 0 Å². The molecule has 0 unspecified atom stereocenters. The van der Waals surface area contributed by atoms with E-state index in [0.717, 1.165) is 47.8 Å². The number of nitrogen functional groups attached to an aromatic ring is 1. The third-order valence-electron chi connectivity index (χ3n) is 5.20. The van der Waals surface area contributed by atoms with Gasteiger partial charge in [0.15, 0.2) is 0 Å². The van der Waals surface area contributed by atoms with E-state index in [4.69, 9.17) is 22.3 Å². The van der Waals surface area contributed by atoms with Crippen LogP contribution in [0.15, 0.2) is 34.7 Å². The Morgan fingerprint density at radius 1 is 1.13 bits per heavy atom. The Hall–Kier alpha value is -2.62. The van der Waals surface area contributed by atoms with Gasteiger partial charge in [-0.25, -0.2) is 9.97 Å². The molecule has 3 N–H and O–H groups in total. The van der Waals surface area contributed by atoms with Crippen molar-refractivity contribution in [3.8, 4) is 22.7 Å². The fourth-order valence-corrected chi connectivity index (χ4v) is 5.64. The third-order valence-corrected chi connectivity index (χ3v) is 7.40. The zero-order valence-corrected chi connectivity index (χ0v) is 18.9. The Bertz CT molecular complexity index is 1170. The molecule has 1 fully saturated rings. The zero-order valence-electron chi connectivity index (χ0n) is 16.6. The smallest absolute Gasteiger partial charge is 0.143 e. The predicted molar refractivity (Wildman–Crippen MR) is 125 cm³/mol. The van der Waals surface area contributed by atoms with Crippen molar-refractivity contribution in [3.05, 3.63) is 57.1 Å². The van der Waals surface area contributed by atoms with Crippen LogP contribution in [0.2, 0.25) is 5.02 Å². The average Bonchev–Trinajstić information content (AvgIpc) is 3.27. The summed E-state index contributed by atoms with van der Waals surface area (Å²) in [5.74, 6) is 0.881. The Morgan fingerprint density at radius 3 is 2.52 bits per heavy atom. The zero-order chi connectivity index (χ0) is 21.8. The number of thioether (sulfide) groups is 1. The lowest BCUT2D eigenvalue weighted by Gasteiger charge is -2.25. The van der Waals surface area contributed by atoms with Crippen LogP contribution >= 0.6 is 34.7 Å². The number of rotatable bonds is 5. The maximum Gasteiger partial charge on any atom is 0.143 e. The summed E-state index contributed by atoms with van der Waals surface area (Å²) in [6.45, 7) is 1.72. The number of halogens is 1. The van der Waals surface area contributed by atoms with Crippen molar-refractivity contribution in [2.24, 2.45) is 0 Å². The Balaban J connectivity index is 1.60. The number of nitriles is 2. The van der Waals surface area contributed by atoms with Crippen LogP contribution in [0.3, 0.4) is 0 Å². The molecule has 1 aromatic carbocycles. The first-order valence-electron chi connectivity index (χ1n) is 9.78. The normalized spacial score (nSPS) is 14.2. The fourth-order valence-electron chi connectivity index (χ4n) is 3.69. The van der Waals surface area contributed by atoms with Gasteiger partial charge in [0.2, 0.25) is 0 Å². The summed E-state index contributed by atoms with van der Waals surface area (Å²) in [5, 5.41) is 27.1. The van der Waals surface area contributed by atoms with Crippen molar-refractivity contribution < 1.29 is 0 Å². The number of anilines is 1. The number of pyridine rings is 1. The molecule has 3 aromatic rings. The quantitative estimate of drug-likeness (QED) is 0.512. The van der Waals surface area contributed by atoms with E-state index in [1.54, 1.807) is 11.3 Å². The molecule has 1 saturated heterocycles. The highest BCUT2D eigenvalue weighted by Crippen LogP contribution is 2.38. The summed E-state index contributed by atoms with van der Waals surface area (Å²) in [4.78, 5) is 9.10. The molecule has 31 heavy (non-hydrogen) atoms. The average molecular weight is 467 g/mol. The lowest BCUT2D eigenvalue weighted by Crippen LogP contribution is -2.27. The Labute approximate surface area is 194 Å². The molecule has 9 heteroatoms. The highest BCUT2D eigenvalue weighted by Gasteiger charge is 2.27. The minimum Gasteiger partial charge on any atom is -0.383 e. The summed E-state index contributed by atoms with van der Waals surface area (Å²) in [5.41, 5.74) is 9.60. The number of thiazole rings is 1. The Kier molecular flexibility index (Phi) is 6.74. The highest BCUT2D eigenvalue weighted by atomic mass is 35.5. The molecule has 0 saturated carbocycles. The SMILES string of the molecule is N#Cc1c(N)nc(SCc2csc(-c3ccc(Cl)cc3)n2)c(C#N)c1C1CCNCC1. The molecule has 0 radical (unpaired) electrons. The van der Waals surface area contributed by atoms with E-state index in [0.29, 0.717) is 26.9 Å². The summed E-state index contributed by atoms with van der Waals surface area (Å²) < 4.78 is 0. The molecule has 3 heterocycles. The molecule has 0 atom stereocenters. The van der Waals surface area contributed by atoms with E-state index in [1.165, 1.54) is 11.8 Å². The second-order valence-corrected chi connectivity index (χ2v) is 9.41. The molecule has 4 rings (SSSR count). The second-order valence-electron chi connectivity index (χ2n) is 7.15. The van der Waals surface area contributed by atoms with E-state index < -0.39 is 0 Å². The summed E-state index contributed by atoms with van der Waals surface area (Å²) >= 11 is 8.96. The molecule has 2 aromatic heterocycles. The van der Waals surface area contributed by atoms with Crippen LogP contribution in [0.4, 0.5) is 5.82 Å². The van der Waals surface area contributed by atoms with Gasteiger partial charge < -0.3 is 11.1 Å². The molecule has 156 valence electrons. The first-order chi connectivity index (χ1) is 15.1. The van der Waals surface area contributed by atoms with Crippen LogP contribution in [-0.4, -0.2) is 23.1 Å². The Morgan fingerprint density at radius 2 is 1.84 bits per heavy atom. The van der Waals surface area contributed by atoms with Crippen molar-refractivity contribution in [3.63, 3.8) is 0 Å². The third kappa shape index (κ3) is 4.68. The van der Waals surface area contributed by atoms with Crippen LogP contribution in [0, 0.1) is 22.7 Å². The molecule has 1 aliphatic heterocycles. The van der Waals surface area contributed by atoms with Gasteiger partial charge in [0.1, 0.15) is 28.0 Å². The number of piperidine rings is 1. The highest BCUT2D eigenvalue weighted by molar-refractivity contribution is 7.98.